The van der Waals surface area contributed by atoms with Crippen LogP contribution in [0, 0.1) is 10.1 Å². The molecule has 1 amide bonds. The summed E-state index contributed by atoms with van der Waals surface area (Å²) in [6, 6.07) is 6.39. The van der Waals surface area contributed by atoms with Crippen LogP contribution >= 0.6 is 11.8 Å². The quantitative estimate of drug-likeness (QED) is 0.355. The Morgan fingerprint density at radius 1 is 1.50 bits per heavy atom. The fourth-order valence-electron chi connectivity index (χ4n) is 1.57. The van der Waals surface area contributed by atoms with Crippen molar-refractivity contribution in [2.24, 2.45) is 5.84 Å². The lowest BCUT2D eigenvalue weighted by Gasteiger charge is -2.13. The number of hydrogen-bond donors (Lipinski definition) is 2. The minimum atomic E-state index is -0.431. The Balaban J connectivity index is 2.70. The van der Waals surface area contributed by atoms with Gasteiger partial charge < -0.3 is 0 Å². The summed E-state index contributed by atoms with van der Waals surface area (Å²) in [5.41, 5.74) is 3.12. The van der Waals surface area contributed by atoms with Gasteiger partial charge in [0, 0.05) is 23.8 Å². The van der Waals surface area contributed by atoms with Crippen LogP contribution in [0.4, 0.5) is 5.69 Å². The number of rotatable bonds is 6. The average Bonchev–Trinajstić information content (AvgIpc) is 2.39. The van der Waals surface area contributed by atoms with Gasteiger partial charge in [0.1, 0.15) is 0 Å². The molecule has 0 heterocycles. The summed E-state index contributed by atoms with van der Waals surface area (Å²) in [6.45, 7) is 0. The molecule has 1 rings (SSSR count). The molecule has 0 saturated carbocycles. The maximum atomic E-state index is 11.1. The van der Waals surface area contributed by atoms with Gasteiger partial charge in [0.15, 0.2) is 0 Å². The zero-order valence-electron chi connectivity index (χ0n) is 9.96. The van der Waals surface area contributed by atoms with E-state index >= 15 is 0 Å². The summed E-state index contributed by atoms with van der Waals surface area (Å²) in [5.74, 6) is 4.80. The molecular weight excluding hydrogens is 254 g/mol. The number of non-ortho nitro benzene ring substituents is 1. The van der Waals surface area contributed by atoms with Crippen LogP contribution in [0.5, 0.6) is 0 Å². The smallest absolute Gasteiger partial charge is 0.269 e. The van der Waals surface area contributed by atoms with E-state index in [1.54, 1.807) is 23.9 Å². The van der Waals surface area contributed by atoms with E-state index in [0.29, 0.717) is 12.8 Å². The summed E-state index contributed by atoms with van der Waals surface area (Å²) in [7, 11) is 0. The Morgan fingerprint density at radius 3 is 2.56 bits per heavy atom. The van der Waals surface area contributed by atoms with Gasteiger partial charge in [-0.1, -0.05) is 12.1 Å². The molecule has 0 aliphatic rings. The Bertz CT molecular complexity index is 422. The summed E-state index contributed by atoms with van der Waals surface area (Å²) in [4.78, 5) is 21.2. The second-order valence-corrected chi connectivity index (χ2v) is 4.72. The molecule has 1 aromatic rings. The predicted octanol–water partition coefficient (Wildman–Crippen LogP) is 1.77. The van der Waals surface area contributed by atoms with Gasteiger partial charge in [-0.25, -0.2) is 5.84 Å². The second-order valence-electron chi connectivity index (χ2n) is 3.68. The highest BCUT2D eigenvalue weighted by Gasteiger charge is 2.13. The lowest BCUT2D eigenvalue weighted by Crippen LogP contribution is -2.29. The topological polar surface area (TPSA) is 98.3 Å². The van der Waals surface area contributed by atoms with Gasteiger partial charge in [0.05, 0.1) is 4.92 Å². The van der Waals surface area contributed by atoms with Gasteiger partial charge in [-0.15, -0.1) is 0 Å². The largest absolute Gasteiger partial charge is 0.294 e. The summed E-state index contributed by atoms with van der Waals surface area (Å²) in [6.07, 6.45) is 2.91. The first-order chi connectivity index (χ1) is 8.58. The van der Waals surface area contributed by atoms with Crippen molar-refractivity contribution < 1.29 is 9.72 Å². The molecule has 0 aliphatic carbocycles. The van der Waals surface area contributed by atoms with Gasteiger partial charge in [0.2, 0.25) is 5.91 Å². The first kappa shape index (κ1) is 14.5. The number of nitrogens with zero attached hydrogens (tertiary/aromatic N) is 1. The fourth-order valence-corrected chi connectivity index (χ4v) is 2.35. The van der Waals surface area contributed by atoms with Crippen molar-refractivity contribution in [3.05, 3.63) is 39.9 Å². The standard InChI is InChI=1S/C11H15N3O3S/c1-18-10(6-7-11(15)13-12)8-2-4-9(5-3-8)14(16)17/h2-5,10H,6-7,12H2,1H3,(H,13,15). The maximum Gasteiger partial charge on any atom is 0.269 e. The van der Waals surface area contributed by atoms with Crippen molar-refractivity contribution in [2.45, 2.75) is 18.1 Å². The van der Waals surface area contributed by atoms with Crippen molar-refractivity contribution in [3.8, 4) is 0 Å². The first-order valence-corrected chi connectivity index (χ1v) is 6.64. The van der Waals surface area contributed by atoms with Crippen molar-refractivity contribution >= 4 is 23.4 Å². The number of hydrogen-bond acceptors (Lipinski definition) is 5. The van der Waals surface area contributed by atoms with E-state index in [1.807, 2.05) is 6.26 Å². The number of nitro groups is 1. The molecule has 0 spiro atoms. The highest BCUT2D eigenvalue weighted by molar-refractivity contribution is 7.98. The van der Waals surface area contributed by atoms with Crippen molar-refractivity contribution in [3.63, 3.8) is 0 Å². The van der Waals surface area contributed by atoms with Crippen LogP contribution in [-0.4, -0.2) is 17.1 Å². The zero-order valence-corrected chi connectivity index (χ0v) is 10.8. The van der Waals surface area contributed by atoms with Gasteiger partial charge in [-0.05, 0) is 18.2 Å². The Hall–Kier alpha value is -1.60. The molecule has 1 atom stereocenters. The number of amides is 1. The third-order valence-electron chi connectivity index (χ3n) is 2.55. The second kappa shape index (κ2) is 6.97. The molecule has 0 fully saturated rings. The molecule has 7 heteroatoms. The molecule has 1 aromatic carbocycles. The average molecular weight is 269 g/mol. The number of benzene rings is 1. The summed E-state index contributed by atoms with van der Waals surface area (Å²) < 4.78 is 0. The van der Waals surface area contributed by atoms with E-state index in [4.69, 9.17) is 5.84 Å². The van der Waals surface area contributed by atoms with E-state index in [-0.39, 0.29) is 16.8 Å². The molecule has 0 aliphatic heterocycles. The van der Waals surface area contributed by atoms with E-state index in [2.05, 4.69) is 5.43 Å². The van der Waals surface area contributed by atoms with Gasteiger partial charge in [0.25, 0.3) is 5.69 Å². The van der Waals surface area contributed by atoms with Crippen LogP contribution < -0.4 is 11.3 Å². The zero-order chi connectivity index (χ0) is 13.5. The summed E-state index contributed by atoms with van der Waals surface area (Å²) >= 11 is 1.60. The normalized spacial score (nSPS) is 11.9. The number of carbonyl (C=O) groups is 1. The van der Waals surface area contributed by atoms with Crippen LogP contribution in [0.15, 0.2) is 24.3 Å². The number of hydrazine groups is 1. The molecule has 0 saturated heterocycles. The first-order valence-electron chi connectivity index (χ1n) is 5.35. The van der Waals surface area contributed by atoms with E-state index in [9.17, 15) is 14.9 Å². The van der Waals surface area contributed by atoms with Crippen molar-refractivity contribution in [1.82, 2.24) is 5.43 Å². The molecule has 1 unspecified atom stereocenters. The molecular formula is C11H15N3O3S. The molecule has 18 heavy (non-hydrogen) atoms. The molecule has 98 valence electrons. The van der Waals surface area contributed by atoms with E-state index in [0.717, 1.165) is 5.56 Å². The van der Waals surface area contributed by atoms with Crippen molar-refractivity contribution in [2.75, 3.05) is 6.26 Å². The van der Waals surface area contributed by atoms with E-state index in [1.165, 1.54) is 12.1 Å². The highest BCUT2D eigenvalue weighted by Crippen LogP contribution is 2.32. The Kier molecular flexibility index (Phi) is 5.60. The molecule has 3 N–H and O–H groups in total. The van der Waals surface area contributed by atoms with Gasteiger partial charge >= 0.3 is 0 Å². The number of nitro benzene ring substituents is 1. The number of carbonyl (C=O) groups excluding carboxylic acids is 1. The van der Waals surface area contributed by atoms with Crippen LogP contribution in [0.1, 0.15) is 23.7 Å². The highest BCUT2D eigenvalue weighted by atomic mass is 32.2. The Labute approximate surface area is 109 Å². The molecule has 0 aromatic heterocycles. The fraction of sp³-hybridized carbons (Fsp3) is 0.364. The summed E-state index contributed by atoms with van der Waals surface area (Å²) in [5, 5.41) is 10.7. The van der Waals surface area contributed by atoms with Crippen LogP contribution in [0.25, 0.3) is 0 Å². The van der Waals surface area contributed by atoms with Crippen LogP contribution in [0.3, 0.4) is 0 Å². The number of thioether (sulfide) groups is 1. The van der Waals surface area contributed by atoms with E-state index < -0.39 is 4.92 Å². The molecule has 6 nitrogen and oxygen atoms in total. The predicted molar refractivity (Wildman–Crippen MR) is 70.9 cm³/mol. The minimum Gasteiger partial charge on any atom is -0.294 e. The third kappa shape index (κ3) is 4.01. The number of nitrogens with one attached hydrogen (secondary N) is 1. The molecule has 0 bridgehead atoms. The SMILES string of the molecule is CSC(CCC(=O)NN)c1ccc([N+](=O)[O-])cc1. The minimum absolute atomic E-state index is 0.0679. The third-order valence-corrected chi connectivity index (χ3v) is 3.63. The van der Waals surface area contributed by atoms with Gasteiger partial charge in [-0.2, -0.15) is 11.8 Å². The lowest BCUT2D eigenvalue weighted by molar-refractivity contribution is -0.384. The van der Waals surface area contributed by atoms with Crippen molar-refractivity contribution in [1.29, 1.82) is 0 Å². The Morgan fingerprint density at radius 2 is 2.11 bits per heavy atom. The number of nitrogens with two attached hydrogens (primary N) is 1. The van der Waals surface area contributed by atoms with Crippen LogP contribution in [0.2, 0.25) is 0 Å². The van der Waals surface area contributed by atoms with Gasteiger partial charge in [-0.3, -0.25) is 20.3 Å². The van der Waals surface area contributed by atoms with Crippen LogP contribution in [-0.2, 0) is 4.79 Å². The lowest BCUT2D eigenvalue weighted by atomic mass is 10.1. The maximum absolute atomic E-state index is 11.1. The molecule has 0 radical (unpaired) electrons. The monoisotopic (exact) mass is 269 g/mol.